The number of carbonyl (C=O) groups is 1. The van der Waals surface area contributed by atoms with Gasteiger partial charge in [-0.3, -0.25) is 0 Å². The number of carbonyl (C=O) groups excluding carboxylic acids is 1. The molecule has 0 fully saturated rings. The van der Waals surface area contributed by atoms with Gasteiger partial charge in [-0.1, -0.05) is 0 Å². The molecule has 0 N–H and O–H groups in total. The Labute approximate surface area is 69.4 Å². The molecule has 1 nitrogen and oxygen atoms in total. The van der Waals surface area contributed by atoms with Crippen molar-refractivity contribution in [3.05, 3.63) is 6.92 Å². The molecule has 0 heterocycles. The molecule has 0 radical (unpaired) electrons. The number of hydrogen-bond acceptors (Lipinski definition) is 1. The molecule has 0 saturated carbocycles. The minimum Gasteiger partial charge on any atom is -1.00 e. The Kier molecular flexibility index (Phi) is 62.5. The summed E-state index contributed by atoms with van der Waals surface area (Å²) in [7, 11) is 0. The van der Waals surface area contributed by atoms with Gasteiger partial charge in [-0.05, 0) is 6.29 Å². The van der Waals surface area contributed by atoms with Crippen LogP contribution in [0.4, 0.5) is 0 Å². The van der Waals surface area contributed by atoms with Crippen molar-refractivity contribution in [2.24, 2.45) is 0 Å². The molecule has 0 unspecified atom stereocenters. The molecule has 0 spiro atoms. The van der Waals surface area contributed by atoms with Gasteiger partial charge in [0.2, 0.25) is 0 Å². The summed E-state index contributed by atoms with van der Waals surface area (Å²) >= 11 is 0. The molecule has 0 aliphatic heterocycles. The Hall–Kier alpha value is 1.18. The molecular formula is C2H5HfMgO-. The van der Waals surface area contributed by atoms with Crippen LogP contribution in [-0.2, 0) is 30.6 Å². The van der Waals surface area contributed by atoms with Crippen LogP contribution < -0.4 is 0 Å². The summed E-state index contributed by atoms with van der Waals surface area (Å²) in [4.78, 5) is 8.69. The van der Waals surface area contributed by atoms with Crippen molar-refractivity contribution >= 4 is 29.3 Å². The molecule has 0 aromatic carbocycles. The van der Waals surface area contributed by atoms with E-state index in [1.165, 1.54) is 0 Å². The Morgan fingerprint density at radius 1 is 1.80 bits per heavy atom. The van der Waals surface area contributed by atoms with Crippen LogP contribution in [-0.4, -0.2) is 29.3 Å². The van der Waals surface area contributed by atoms with Gasteiger partial charge in [0.05, 0.1) is 0 Å². The van der Waals surface area contributed by atoms with E-state index in [2.05, 4.69) is 6.92 Å². The van der Waals surface area contributed by atoms with Gasteiger partial charge < -0.3 is 14.6 Å². The molecular weight excluding hydrogens is 243 g/mol. The third-order valence-electron chi connectivity index (χ3n) is 0. The smallest absolute Gasteiger partial charge is 1.00 e. The third kappa shape index (κ3) is 37.7. The first kappa shape index (κ1) is 16.4. The monoisotopic (exact) mass is 249 g/mol. The van der Waals surface area contributed by atoms with Crippen LogP contribution in [0.3, 0.4) is 0 Å². The van der Waals surface area contributed by atoms with Gasteiger partial charge in [-0.25, -0.2) is 0 Å². The van der Waals surface area contributed by atoms with Crippen LogP contribution in [0.5, 0.6) is 0 Å². The van der Waals surface area contributed by atoms with Gasteiger partial charge in [0.1, 0.15) is 0 Å². The zero-order valence-electron chi connectivity index (χ0n) is 4.90. The van der Waals surface area contributed by atoms with Gasteiger partial charge in [0.15, 0.2) is 0 Å². The molecule has 0 aromatic heterocycles. The summed E-state index contributed by atoms with van der Waals surface area (Å²) in [5.74, 6) is 0. The third-order valence-corrected chi connectivity index (χ3v) is 0. The summed E-state index contributed by atoms with van der Waals surface area (Å²) in [6.07, 6.45) is 0.500. The number of aldehydes is 1. The van der Waals surface area contributed by atoms with Gasteiger partial charge in [-0.2, -0.15) is 0 Å². The first-order chi connectivity index (χ1) is 1.41. The predicted molar refractivity (Wildman–Crippen MR) is 19.4 cm³/mol. The van der Waals surface area contributed by atoms with Crippen molar-refractivity contribution in [2.75, 3.05) is 0 Å². The van der Waals surface area contributed by atoms with Crippen LogP contribution in [0.2, 0.25) is 0 Å². The molecule has 26 valence electrons. The molecule has 0 amide bonds. The fraction of sp³-hybridized carbons (Fsp3) is 0. The van der Waals surface area contributed by atoms with Crippen LogP contribution in [0.25, 0.3) is 0 Å². The minimum absolute atomic E-state index is 0. The van der Waals surface area contributed by atoms with E-state index in [-0.39, 0.29) is 51.7 Å². The Balaban J connectivity index is -0.00000000333. The fourth-order valence-electron chi connectivity index (χ4n) is 0. The topological polar surface area (TPSA) is 17.1 Å². The zero-order valence-corrected chi connectivity index (χ0v) is 7.91. The van der Waals surface area contributed by atoms with Crippen molar-refractivity contribution in [2.45, 2.75) is 0 Å². The number of rotatable bonds is 0. The fourth-order valence-corrected chi connectivity index (χ4v) is 0. The van der Waals surface area contributed by atoms with Crippen LogP contribution in [0.1, 0.15) is 2.85 Å². The van der Waals surface area contributed by atoms with Gasteiger partial charge in [0.25, 0.3) is 0 Å². The molecule has 0 aromatic rings. The van der Waals surface area contributed by atoms with Crippen LogP contribution in [0.15, 0.2) is 0 Å². The van der Waals surface area contributed by atoms with E-state index in [0.29, 0.717) is 6.29 Å². The van der Waals surface area contributed by atoms with Gasteiger partial charge in [0, 0.05) is 25.8 Å². The SMILES string of the molecule is [CH2-]C=O.[H-].[H-].[Hf].[Mg+2]. The Bertz CT molecular complexity index is 23.2. The molecule has 0 atom stereocenters. The average Bonchev–Trinajstić information content (AvgIpc) is 0.918. The quantitative estimate of drug-likeness (QED) is 0.331. The second kappa shape index (κ2) is 19.1. The van der Waals surface area contributed by atoms with Gasteiger partial charge >= 0.3 is 23.1 Å². The van der Waals surface area contributed by atoms with Crippen molar-refractivity contribution in [1.82, 2.24) is 0 Å². The van der Waals surface area contributed by atoms with Gasteiger partial charge in [-0.15, -0.1) is 0 Å². The standard InChI is InChI=1S/C2H3O.Hf.Mg.2H/c1-2-3;;;;/h2H,1H2;;;;/q-1;;+2;2*-1. The van der Waals surface area contributed by atoms with Crippen LogP contribution in [0, 0.1) is 6.92 Å². The van der Waals surface area contributed by atoms with E-state index in [9.17, 15) is 0 Å². The van der Waals surface area contributed by atoms with Crippen molar-refractivity contribution in [1.29, 1.82) is 0 Å². The Morgan fingerprint density at radius 3 is 1.80 bits per heavy atom. The van der Waals surface area contributed by atoms with E-state index < -0.39 is 0 Å². The maximum Gasteiger partial charge on any atom is 2.00 e. The summed E-state index contributed by atoms with van der Waals surface area (Å²) in [6.45, 7) is 2.81. The molecule has 5 heavy (non-hydrogen) atoms. The maximum absolute atomic E-state index is 8.69. The molecule has 0 rings (SSSR count). The first-order valence-electron chi connectivity index (χ1n) is 0.644. The average molecular weight is 248 g/mol. The number of hydrogen-bond donors (Lipinski definition) is 0. The maximum atomic E-state index is 8.69. The summed E-state index contributed by atoms with van der Waals surface area (Å²) < 4.78 is 0. The largest absolute Gasteiger partial charge is 2.00 e. The van der Waals surface area contributed by atoms with Crippen LogP contribution >= 0.6 is 0 Å². The second-order valence-corrected chi connectivity index (χ2v) is 0.167. The van der Waals surface area contributed by atoms with Crippen molar-refractivity contribution < 1.29 is 33.5 Å². The zero-order chi connectivity index (χ0) is 2.71. The minimum atomic E-state index is 0. The van der Waals surface area contributed by atoms with E-state index in [1.54, 1.807) is 0 Å². The molecule has 0 aliphatic carbocycles. The molecule has 3 heteroatoms. The summed E-state index contributed by atoms with van der Waals surface area (Å²) in [5.41, 5.74) is 0. The summed E-state index contributed by atoms with van der Waals surface area (Å²) in [6, 6.07) is 0. The van der Waals surface area contributed by atoms with Crippen molar-refractivity contribution in [3.8, 4) is 0 Å². The van der Waals surface area contributed by atoms with E-state index in [1.807, 2.05) is 0 Å². The van der Waals surface area contributed by atoms with E-state index in [4.69, 9.17) is 4.79 Å². The Morgan fingerprint density at radius 2 is 1.80 bits per heavy atom. The van der Waals surface area contributed by atoms with E-state index >= 15 is 0 Å². The second-order valence-electron chi connectivity index (χ2n) is 0.167. The molecule has 0 aliphatic rings. The van der Waals surface area contributed by atoms with Crippen molar-refractivity contribution in [3.63, 3.8) is 0 Å². The predicted octanol–water partition coefficient (Wildman–Crippen LogP) is -0.139. The normalized spacial score (nSPS) is 2.40. The molecule has 0 saturated heterocycles. The first-order valence-corrected chi connectivity index (χ1v) is 0.644. The summed E-state index contributed by atoms with van der Waals surface area (Å²) in [5, 5.41) is 0. The molecule has 0 bridgehead atoms. The van der Waals surface area contributed by atoms with E-state index in [0.717, 1.165) is 0 Å².